The molecule has 0 spiro atoms. The van der Waals surface area contributed by atoms with Crippen LogP contribution in [0.3, 0.4) is 0 Å². The van der Waals surface area contributed by atoms with Crippen LogP contribution < -0.4 is 4.74 Å². The van der Waals surface area contributed by atoms with Crippen LogP contribution in [-0.4, -0.2) is 23.3 Å². The van der Waals surface area contributed by atoms with Gasteiger partial charge in [0.05, 0.1) is 6.61 Å². The molecule has 0 aliphatic rings. The van der Waals surface area contributed by atoms with Crippen LogP contribution in [0.5, 0.6) is 5.88 Å². The molecular formula is C9H8BClN4O. The van der Waals surface area contributed by atoms with E-state index in [4.69, 9.17) is 26.9 Å². The fourth-order valence-electron chi connectivity index (χ4n) is 0.933. The Bertz CT molecular complexity index is 454. The van der Waals surface area contributed by atoms with Gasteiger partial charge in [0.25, 0.3) is 6.71 Å². The Kier molecular flexibility index (Phi) is 4.56. The van der Waals surface area contributed by atoms with E-state index in [2.05, 4.69) is 15.9 Å². The molecule has 0 unspecified atom stereocenters. The van der Waals surface area contributed by atoms with Gasteiger partial charge in [0.1, 0.15) is 11.8 Å². The highest BCUT2D eigenvalue weighted by atomic mass is 35.5. The van der Waals surface area contributed by atoms with Crippen molar-refractivity contribution in [2.24, 2.45) is 0 Å². The topological polar surface area (TPSA) is 82.6 Å². The third kappa shape index (κ3) is 3.76. The van der Waals surface area contributed by atoms with Gasteiger partial charge in [-0.25, -0.2) is 10.2 Å². The summed E-state index contributed by atoms with van der Waals surface area (Å²) in [6.07, 6.45) is 0.597. The molecule has 7 heteroatoms. The van der Waals surface area contributed by atoms with Gasteiger partial charge in [-0.3, -0.25) is 0 Å². The van der Waals surface area contributed by atoms with E-state index in [1.807, 2.05) is 6.07 Å². The highest BCUT2D eigenvalue weighted by molar-refractivity contribution is 6.65. The Balaban J connectivity index is 2.58. The van der Waals surface area contributed by atoms with E-state index in [1.165, 1.54) is 6.07 Å². The Labute approximate surface area is 98.7 Å². The zero-order chi connectivity index (χ0) is 12.0. The van der Waals surface area contributed by atoms with Crippen LogP contribution in [0.15, 0.2) is 6.07 Å². The normalized spacial score (nSPS) is 9.00. The van der Waals surface area contributed by atoms with E-state index < -0.39 is 0 Å². The van der Waals surface area contributed by atoms with Crippen LogP contribution in [0.2, 0.25) is 18.4 Å². The quantitative estimate of drug-likeness (QED) is 0.583. The van der Waals surface area contributed by atoms with E-state index in [0.717, 1.165) is 0 Å². The first-order valence-electron chi connectivity index (χ1n) is 4.63. The van der Waals surface area contributed by atoms with Crippen molar-refractivity contribution in [2.45, 2.75) is 13.1 Å². The molecule has 0 aliphatic carbocycles. The first-order chi connectivity index (χ1) is 7.65. The number of nitrogens with zero attached hydrogens (tertiary/aromatic N) is 4. The van der Waals surface area contributed by atoms with Gasteiger partial charge in [0.15, 0.2) is 0 Å². The summed E-state index contributed by atoms with van der Waals surface area (Å²) < 4.78 is 5.26. The summed E-state index contributed by atoms with van der Waals surface area (Å²) in [5.74, 6) is 2.35. The second-order valence-electron chi connectivity index (χ2n) is 3.14. The van der Waals surface area contributed by atoms with E-state index in [-0.39, 0.29) is 23.6 Å². The monoisotopic (exact) mass is 234 g/mol. The first kappa shape index (κ1) is 12.3. The van der Waals surface area contributed by atoms with E-state index >= 15 is 0 Å². The number of halogens is 1. The summed E-state index contributed by atoms with van der Waals surface area (Å²) >= 11 is 5.59. The molecule has 1 aromatic rings. The number of ether oxygens (including phenoxy) is 1. The predicted molar refractivity (Wildman–Crippen MR) is 59.3 cm³/mol. The average Bonchev–Trinajstić information content (AvgIpc) is 2.28. The molecule has 0 amide bonds. The maximum Gasteiger partial charge on any atom is 0.268 e. The van der Waals surface area contributed by atoms with Crippen LogP contribution in [0.4, 0.5) is 0 Å². The second-order valence-corrected chi connectivity index (χ2v) is 3.48. The van der Waals surface area contributed by atoms with Gasteiger partial charge >= 0.3 is 0 Å². The van der Waals surface area contributed by atoms with Crippen molar-refractivity contribution in [3.8, 4) is 17.9 Å². The molecule has 0 saturated heterocycles. The number of nitriles is 2. The lowest BCUT2D eigenvalue weighted by molar-refractivity contribution is 0.325. The maximum absolute atomic E-state index is 8.64. The molecule has 16 heavy (non-hydrogen) atoms. The maximum atomic E-state index is 8.64. The van der Waals surface area contributed by atoms with Crippen molar-refractivity contribution >= 4 is 18.3 Å². The zero-order valence-electron chi connectivity index (χ0n) is 8.64. The van der Waals surface area contributed by atoms with Crippen molar-refractivity contribution in [2.75, 3.05) is 6.61 Å². The molecule has 80 valence electrons. The van der Waals surface area contributed by atoms with Gasteiger partial charge in [-0.05, 0) is 17.9 Å². The molecule has 1 heterocycles. The number of hydrogen-bond donors (Lipinski definition) is 0. The smallest absolute Gasteiger partial charge is 0.268 e. The molecule has 0 saturated carbocycles. The van der Waals surface area contributed by atoms with Crippen molar-refractivity contribution in [3.05, 3.63) is 17.0 Å². The SMILES string of the molecule is CB(C#N)CCOc1cc(C#N)nc(Cl)n1. The molecule has 0 bridgehead atoms. The highest BCUT2D eigenvalue weighted by Gasteiger charge is 2.07. The molecule has 0 aliphatic heterocycles. The first-order valence-corrected chi connectivity index (χ1v) is 5.00. The van der Waals surface area contributed by atoms with E-state index in [9.17, 15) is 0 Å². The summed E-state index contributed by atoms with van der Waals surface area (Å²) in [6, 6.07) is 3.26. The summed E-state index contributed by atoms with van der Waals surface area (Å²) in [7, 11) is 0. The summed E-state index contributed by atoms with van der Waals surface area (Å²) in [6.45, 7) is 2.08. The molecule has 1 rings (SSSR count). The third-order valence-corrected chi connectivity index (χ3v) is 1.98. The van der Waals surface area contributed by atoms with Crippen molar-refractivity contribution in [1.29, 1.82) is 10.5 Å². The van der Waals surface area contributed by atoms with Crippen LogP contribution in [0.25, 0.3) is 0 Å². The lowest BCUT2D eigenvalue weighted by atomic mass is 9.52. The fraction of sp³-hybridized carbons (Fsp3) is 0.333. The number of aromatic nitrogens is 2. The Hall–Kier alpha value is -1.79. The van der Waals surface area contributed by atoms with Gasteiger partial charge in [0.2, 0.25) is 11.2 Å². The van der Waals surface area contributed by atoms with Gasteiger partial charge in [-0.1, -0.05) is 6.82 Å². The van der Waals surface area contributed by atoms with Gasteiger partial charge in [0, 0.05) is 12.0 Å². The predicted octanol–water partition coefficient (Wildman–Crippen LogP) is 1.57. The van der Waals surface area contributed by atoms with Crippen molar-refractivity contribution in [3.63, 3.8) is 0 Å². The van der Waals surface area contributed by atoms with Gasteiger partial charge in [-0.2, -0.15) is 10.2 Å². The molecular weight excluding hydrogens is 226 g/mol. The molecule has 0 aromatic carbocycles. The molecule has 1 aromatic heterocycles. The molecule has 0 fully saturated rings. The van der Waals surface area contributed by atoms with Crippen LogP contribution in [-0.2, 0) is 0 Å². The fourth-order valence-corrected chi connectivity index (χ4v) is 1.11. The lowest BCUT2D eigenvalue weighted by Crippen LogP contribution is -2.10. The average molecular weight is 234 g/mol. The Morgan fingerprint density at radius 3 is 2.88 bits per heavy atom. The summed E-state index contributed by atoms with van der Waals surface area (Å²) in [5, 5.41) is 17.2. The summed E-state index contributed by atoms with van der Waals surface area (Å²) in [4.78, 5) is 7.48. The van der Waals surface area contributed by atoms with E-state index in [1.54, 1.807) is 6.82 Å². The van der Waals surface area contributed by atoms with Gasteiger partial charge in [-0.15, -0.1) is 0 Å². The van der Waals surface area contributed by atoms with Crippen LogP contribution in [0.1, 0.15) is 5.69 Å². The molecule has 0 N–H and O–H groups in total. The van der Waals surface area contributed by atoms with Crippen LogP contribution in [0, 0.1) is 22.6 Å². The molecule has 0 atom stereocenters. The lowest BCUT2D eigenvalue weighted by Gasteiger charge is -2.04. The van der Waals surface area contributed by atoms with Crippen molar-refractivity contribution in [1.82, 2.24) is 9.97 Å². The zero-order valence-corrected chi connectivity index (χ0v) is 9.40. The van der Waals surface area contributed by atoms with Gasteiger partial charge < -0.3 is 4.74 Å². The molecule has 0 radical (unpaired) electrons. The third-order valence-electron chi connectivity index (χ3n) is 1.81. The number of hydrogen-bond acceptors (Lipinski definition) is 5. The minimum absolute atomic E-state index is 0.0256. The van der Waals surface area contributed by atoms with Crippen LogP contribution >= 0.6 is 11.6 Å². The minimum Gasteiger partial charge on any atom is -0.478 e. The Morgan fingerprint density at radius 1 is 1.50 bits per heavy atom. The standard InChI is InChI=1S/C9H8BClN4O/c1-10(6-13)2-3-16-8-4-7(5-12)14-9(11)15-8/h4H,2-3H2,1H3. The Morgan fingerprint density at radius 2 is 2.25 bits per heavy atom. The number of rotatable bonds is 4. The molecule has 5 nitrogen and oxygen atoms in total. The second kappa shape index (κ2) is 5.94. The van der Waals surface area contributed by atoms with E-state index in [0.29, 0.717) is 12.9 Å². The summed E-state index contributed by atoms with van der Waals surface area (Å²) in [5.41, 5.74) is 0.156. The minimum atomic E-state index is -0.0762. The largest absolute Gasteiger partial charge is 0.478 e. The van der Waals surface area contributed by atoms with Crippen molar-refractivity contribution < 1.29 is 4.74 Å². The highest BCUT2D eigenvalue weighted by Crippen LogP contribution is 2.12.